The number of para-hydroxylation sites is 1. The van der Waals surface area contributed by atoms with Gasteiger partial charge < -0.3 is 14.6 Å². The molecule has 59 heavy (non-hydrogen) atoms. The minimum Gasteiger partial charge on any atom is -0.456 e. The number of fused-ring (bicyclic) bond motifs is 6. The molecule has 1 aliphatic heterocycles. The van der Waals surface area contributed by atoms with Gasteiger partial charge in [0.2, 0.25) is 0 Å². The van der Waals surface area contributed by atoms with E-state index in [1.807, 2.05) is 30.3 Å². The SMILES string of the molecule is CC1(C)c2ccccc2-c2ccc(N(c3ccc(-c4ccccc4)cc3)c3cc(C4=NC(c5ccccc5)=NC(c5ccccc5)N4)cc4oc5ccccc5c34)cc21. The zero-order chi connectivity index (χ0) is 39.5. The van der Waals surface area contributed by atoms with E-state index in [4.69, 9.17) is 14.4 Å². The van der Waals surface area contributed by atoms with Crippen LogP contribution in [0.25, 0.3) is 44.2 Å². The van der Waals surface area contributed by atoms with E-state index in [1.165, 1.54) is 27.8 Å². The summed E-state index contributed by atoms with van der Waals surface area (Å²) in [5, 5.41) is 5.80. The van der Waals surface area contributed by atoms with Crippen molar-refractivity contribution < 1.29 is 4.42 Å². The highest BCUT2D eigenvalue weighted by Crippen LogP contribution is 2.51. The topological polar surface area (TPSA) is 53.1 Å². The van der Waals surface area contributed by atoms with Crippen LogP contribution >= 0.6 is 0 Å². The Morgan fingerprint density at radius 2 is 1.15 bits per heavy atom. The smallest absolute Gasteiger partial charge is 0.159 e. The Morgan fingerprint density at radius 1 is 0.525 bits per heavy atom. The zero-order valence-electron chi connectivity index (χ0n) is 32.8. The number of nitrogens with one attached hydrogen (secondary N) is 1. The molecule has 1 atom stereocenters. The predicted molar refractivity (Wildman–Crippen MR) is 243 cm³/mol. The summed E-state index contributed by atoms with van der Waals surface area (Å²) in [7, 11) is 0. The first-order chi connectivity index (χ1) is 29.0. The summed E-state index contributed by atoms with van der Waals surface area (Å²) in [4.78, 5) is 12.8. The van der Waals surface area contributed by atoms with Crippen molar-refractivity contribution in [1.82, 2.24) is 5.32 Å². The third kappa shape index (κ3) is 5.93. The summed E-state index contributed by atoms with van der Waals surface area (Å²) >= 11 is 0. The minimum atomic E-state index is -0.337. The summed E-state index contributed by atoms with van der Waals surface area (Å²) in [5.41, 5.74) is 15.0. The van der Waals surface area contributed by atoms with Gasteiger partial charge in [-0.05, 0) is 81.4 Å². The fourth-order valence-corrected chi connectivity index (χ4v) is 8.96. The molecule has 0 radical (unpaired) electrons. The number of aliphatic imine (C=N–C) groups is 2. The van der Waals surface area contributed by atoms with Crippen molar-refractivity contribution in [2.75, 3.05) is 4.90 Å². The van der Waals surface area contributed by atoms with E-state index in [9.17, 15) is 0 Å². The van der Waals surface area contributed by atoms with Crippen molar-refractivity contribution in [3.8, 4) is 22.3 Å². The molecule has 282 valence electrons. The number of rotatable bonds is 7. The molecule has 0 bridgehead atoms. The van der Waals surface area contributed by atoms with E-state index < -0.39 is 0 Å². The quantitative estimate of drug-likeness (QED) is 0.176. The molecular weight excluding hydrogens is 721 g/mol. The fourth-order valence-electron chi connectivity index (χ4n) is 8.96. The summed E-state index contributed by atoms with van der Waals surface area (Å²) < 4.78 is 6.76. The summed E-state index contributed by atoms with van der Waals surface area (Å²) in [6.07, 6.45) is -0.337. The van der Waals surface area contributed by atoms with Crippen molar-refractivity contribution in [2.24, 2.45) is 9.98 Å². The third-order valence-electron chi connectivity index (χ3n) is 11.9. The van der Waals surface area contributed by atoms with Gasteiger partial charge in [-0.1, -0.05) is 166 Å². The number of amidine groups is 2. The molecule has 2 heterocycles. The monoisotopic (exact) mass is 760 g/mol. The van der Waals surface area contributed by atoms with Gasteiger partial charge in [0, 0.05) is 33.3 Å². The van der Waals surface area contributed by atoms with Crippen LogP contribution in [0.4, 0.5) is 17.1 Å². The van der Waals surface area contributed by atoms with Gasteiger partial charge in [-0.15, -0.1) is 0 Å². The molecule has 11 rings (SSSR count). The number of benzene rings is 8. The molecule has 1 aromatic heterocycles. The van der Waals surface area contributed by atoms with E-state index in [1.54, 1.807) is 0 Å². The second-order valence-corrected chi connectivity index (χ2v) is 15.9. The average molecular weight is 761 g/mol. The van der Waals surface area contributed by atoms with Crippen LogP contribution in [-0.4, -0.2) is 11.7 Å². The molecule has 0 fully saturated rings. The van der Waals surface area contributed by atoms with Crippen LogP contribution < -0.4 is 10.2 Å². The molecule has 1 unspecified atom stereocenters. The Balaban J connectivity index is 1.15. The van der Waals surface area contributed by atoms with Crippen LogP contribution in [0.15, 0.2) is 209 Å². The van der Waals surface area contributed by atoms with E-state index in [0.717, 1.165) is 67.1 Å². The lowest BCUT2D eigenvalue weighted by Gasteiger charge is -2.30. The molecule has 8 aromatic carbocycles. The Labute approximate surface area is 343 Å². The first kappa shape index (κ1) is 34.7. The maximum atomic E-state index is 6.76. The number of hydrogen-bond acceptors (Lipinski definition) is 5. The maximum Gasteiger partial charge on any atom is 0.159 e. The molecule has 9 aromatic rings. The van der Waals surface area contributed by atoms with Crippen molar-refractivity contribution in [3.63, 3.8) is 0 Å². The van der Waals surface area contributed by atoms with E-state index >= 15 is 0 Å². The Hall–Kier alpha value is -7.50. The Morgan fingerprint density at radius 3 is 1.93 bits per heavy atom. The third-order valence-corrected chi connectivity index (χ3v) is 11.9. The second kappa shape index (κ2) is 13.9. The first-order valence-corrected chi connectivity index (χ1v) is 20.2. The standard InChI is InChI=1S/C54H40N4O/c1-54(2)45-24-14-12-22-42(45)43-31-30-41(34-46(43)54)58(40-28-26-36(27-29-40)35-16-6-3-7-17-35)47-32-39(33-49-50(47)44-23-13-15-25-48(44)59-49)53-56-51(37-18-8-4-9-19-37)55-52(57-53)38-20-10-5-11-21-38/h3-34,51H,1-2H3,(H,55,56,57). The molecule has 0 spiro atoms. The Bertz CT molecular complexity index is 3090. The summed E-state index contributed by atoms with van der Waals surface area (Å²) in [6.45, 7) is 4.68. The second-order valence-electron chi connectivity index (χ2n) is 15.9. The number of furan rings is 1. The minimum absolute atomic E-state index is 0.176. The van der Waals surface area contributed by atoms with Crippen LogP contribution in [0.2, 0.25) is 0 Å². The van der Waals surface area contributed by atoms with Gasteiger partial charge in [0.1, 0.15) is 23.2 Å². The molecule has 1 N–H and O–H groups in total. The van der Waals surface area contributed by atoms with Gasteiger partial charge in [-0.3, -0.25) is 0 Å². The van der Waals surface area contributed by atoms with Gasteiger partial charge in [0.15, 0.2) is 5.84 Å². The fraction of sp³-hybridized carbons (Fsp3) is 0.0741. The number of nitrogens with zero attached hydrogens (tertiary/aromatic N) is 3. The van der Waals surface area contributed by atoms with Crippen LogP contribution in [0.5, 0.6) is 0 Å². The van der Waals surface area contributed by atoms with Gasteiger partial charge in [0.05, 0.1) is 11.1 Å². The highest BCUT2D eigenvalue weighted by molar-refractivity contribution is 6.18. The predicted octanol–water partition coefficient (Wildman–Crippen LogP) is 13.5. The highest BCUT2D eigenvalue weighted by atomic mass is 16.3. The lowest BCUT2D eigenvalue weighted by Crippen LogP contribution is -2.33. The molecule has 2 aliphatic rings. The van der Waals surface area contributed by atoms with Gasteiger partial charge in [0.25, 0.3) is 0 Å². The number of hydrogen-bond donors (Lipinski definition) is 1. The normalized spacial score (nSPS) is 15.3. The van der Waals surface area contributed by atoms with Crippen LogP contribution in [0, 0.1) is 0 Å². The van der Waals surface area contributed by atoms with Crippen LogP contribution in [0.1, 0.15) is 47.8 Å². The van der Waals surface area contributed by atoms with E-state index in [2.05, 4.69) is 188 Å². The molecule has 0 saturated heterocycles. The van der Waals surface area contributed by atoms with Gasteiger partial charge >= 0.3 is 0 Å². The van der Waals surface area contributed by atoms with Crippen molar-refractivity contribution >= 4 is 50.7 Å². The van der Waals surface area contributed by atoms with Crippen molar-refractivity contribution in [1.29, 1.82) is 0 Å². The number of anilines is 3. The molecule has 0 saturated carbocycles. The van der Waals surface area contributed by atoms with Crippen molar-refractivity contribution in [3.05, 3.63) is 222 Å². The molecule has 5 nitrogen and oxygen atoms in total. The zero-order valence-corrected chi connectivity index (χ0v) is 32.8. The summed E-state index contributed by atoms with van der Waals surface area (Å²) in [5.74, 6) is 1.40. The lowest BCUT2D eigenvalue weighted by molar-refractivity contribution is 0.660. The van der Waals surface area contributed by atoms with E-state index in [0.29, 0.717) is 5.84 Å². The molecule has 0 amide bonds. The molecule has 5 heteroatoms. The van der Waals surface area contributed by atoms with Crippen LogP contribution in [0.3, 0.4) is 0 Å². The Kier molecular flexibility index (Phi) is 8.16. The lowest BCUT2D eigenvalue weighted by atomic mass is 9.82. The maximum absolute atomic E-state index is 6.76. The first-order valence-electron chi connectivity index (χ1n) is 20.2. The molecule has 1 aliphatic carbocycles. The van der Waals surface area contributed by atoms with Crippen molar-refractivity contribution in [2.45, 2.75) is 25.4 Å². The van der Waals surface area contributed by atoms with Gasteiger partial charge in [-0.25, -0.2) is 9.98 Å². The van der Waals surface area contributed by atoms with Crippen LogP contribution in [-0.2, 0) is 5.41 Å². The van der Waals surface area contributed by atoms with Gasteiger partial charge in [-0.2, -0.15) is 0 Å². The average Bonchev–Trinajstić information content (AvgIpc) is 3.79. The largest absolute Gasteiger partial charge is 0.456 e. The summed E-state index contributed by atoms with van der Waals surface area (Å²) in [6, 6.07) is 68.5. The highest BCUT2D eigenvalue weighted by Gasteiger charge is 2.36. The molecular formula is C54H40N4O. The van der Waals surface area contributed by atoms with E-state index in [-0.39, 0.29) is 11.6 Å².